The molecule has 0 spiro atoms. The highest BCUT2D eigenvalue weighted by Gasteiger charge is 2.54. The second-order valence-electron chi connectivity index (χ2n) is 10.2. The van der Waals surface area contributed by atoms with E-state index in [1.165, 1.54) is 39.7 Å². The van der Waals surface area contributed by atoms with E-state index in [0.717, 1.165) is 28.4 Å². The molecule has 2 aliphatic rings. The summed E-state index contributed by atoms with van der Waals surface area (Å²) in [6.45, 7) is 1.25. The van der Waals surface area contributed by atoms with Gasteiger partial charge in [-0.1, -0.05) is 5.16 Å². The molecule has 18 nitrogen and oxygen atoms in total. The number of nitrogen functional groups attached to an aromatic ring is 1. The number of amides is 2. The van der Waals surface area contributed by atoms with Crippen molar-refractivity contribution in [2.24, 2.45) is 5.16 Å². The molecule has 0 radical (unpaired) electrons. The number of phenolic OH excluding ortho intramolecular Hbond substituents is 2. The largest absolute Gasteiger partial charge is 0.504 e. The van der Waals surface area contributed by atoms with Gasteiger partial charge in [0.25, 0.3) is 17.6 Å². The van der Waals surface area contributed by atoms with Gasteiger partial charge < -0.3 is 36.3 Å². The fraction of sp³-hybridized carbons (Fsp3) is 0.222. The van der Waals surface area contributed by atoms with Crippen LogP contribution in [0.15, 0.2) is 51.4 Å². The minimum absolute atomic E-state index is 0.000415. The lowest BCUT2D eigenvalue weighted by Crippen LogP contribution is -2.71. The summed E-state index contributed by atoms with van der Waals surface area (Å²) in [5.74, 6) is -4.63. The highest BCUT2D eigenvalue weighted by molar-refractivity contribution is 8.01. The van der Waals surface area contributed by atoms with E-state index in [2.05, 4.69) is 30.5 Å². The standard InChI is InChI=1S/C27H23N9O9S3/c1-10-2-16(36-27(31-10)29-9-30-36)46-6-13-7-47-23-18(22(40)35(23)19(13)25(43)44)33-21(39)17(14-8-48-26(28)32-14)34-45-5-12-3-11(24(41)42)4-15(37)20(12)38/h2-4,8-9,18,23,37-38H,5-7H2,1H3,(H2,28,32)(H,33,39)(H,41,42)(H,43,44)/b34-17-/t18-,23-/m1/s1. The zero-order valence-corrected chi connectivity index (χ0v) is 26.9. The number of carbonyl (C=O) groups excluding carboxylic acids is 2. The number of β-lactam (4-membered cyclic amide) rings is 1. The maximum atomic E-state index is 13.4. The number of nitrogens with zero attached hydrogens (tertiary/aromatic N) is 7. The summed E-state index contributed by atoms with van der Waals surface area (Å²) in [7, 11) is 0. The normalized spacial score (nSPS) is 17.6. The van der Waals surface area contributed by atoms with Gasteiger partial charge in [-0.15, -0.1) is 34.9 Å². The predicted octanol–water partition coefficient (Wildman–Crippen LogP) is 1.03. The molecule has 2 atom stereocenters. The molecular formula is C27H23N9O9S3. The monoisotopic (exact) mass is 713 g/mol. The Kier molecular flexibility index (Phi) is 8.81. The minimum atomic E-state index is -1.36. The van der Waals surface area contributed by atoms with E-state index in [1.807, 2.05) is 0 Å². The molecular weight excluding hydrogens is 691 g/mol. The molecule has 48 heavy (non-hydrogen) atoms. The number of aliphatic carboxylic acids is 1. The first kappa shape index (κ1) is 32.5. The SMILES string of the molecule is Cc1cc(SCC2=C(C(=O)O)N3C(=O)[C@@H](NC(=O)/C(=N\OCc4cc(C(=O)O)cc(O)c4O)c4csc(N)n4)[C@H]3SC2)n2ncnc2n1. The predicted molar refractivity (Wildman–Crippen MR) is 171 cm³/mol. The van der Waals surface area contributed by atoms with Gasteiger partial charge in [0.1, 0.15) is 40.8 Å². The van der Waals surface area contributed by atoms with E-state index in [4.69, 9.17) is 10.6 Å². The first-order chi connectivity index (χ1) is 22.9. The Morgan fingerprint density at radius 1 is 1.19 bits per heavy atom. The molecule has 6 rings (SSSR count). The van der Waals surface area contributed by atoms with Gasteiger partial charge >= 0.3 is 11.9 Å². The Bertz CT molecular complexity index is 2060. The van der Waals surface area contributed by atoms with Gasteiger partial charge in [0, 0.05) is 28.1 Å². The van der Waals surface area contributed by atoms with Crippen molar-refractivity contribution in [3.8, 4) is 11.5 Å². The number of aryl methyl sites for hydroxylation is 1. The lowest BCUT2D eigenvalue weighted by molar-refractivity contribution is -0.150. The summed E-state index contributed by atoms with van der Waals surface area (Å²) < 4.78 is 1.54. The number of hydrogen-bond acceptors (Lipinski definition) is 16. The number of carbonyl (C=O) groups is 4. The van der Waals surface area contributed by atoms with Crippen LogP contribution >= 0.6 is 34.9 Å². The second kappa shape index (κ2) is 13.0. The van der Waals surface area contributed by atoms with Crippen LogP contribution < -0.4 is 11.1 Å². The number of aromatic nitrogens is 5. The number of thiazole rings is 1. The number of fused-ring (bicyclic) bond motifs is 2. The van der Waals surface area contributed by atoms with Gasteiger partial charge in [0.05, 0.1) is 5.56 Å². The number of rotatable bonds is 11. The highest BCUT2D eigenvalue weighted by atomic mass is 32.2. The zero-order chi connectivity index (χ0) is 34.3. The molecule has 3 aromatic heterocycles. The van der Waals surface area contributed by atoms with Crippen molar-refractivity contribution < 1.29 is 44.4 Å². The number of hydrogen-bond donors (Lipinski definition) is 6. The van der Waals surface area contributed by atoms with Crippen LogP contribution in [0.4, 0.5) is 5.13 Å². The van der Waals surface area contributed by atoms with Gasteiger partial charge in [0.15, 0.2) is 22.3 Å². The first-order valence-corrected chi connectivity index (χ1v) is 16.5. The lowest BCUT2D eigenvalue weighted by Gasteiger charge is -2.49. The van der Waals surface area contributed by atoms with Crippen molar-refractivity contribution in [3.63, 3.8) is 0 Å². The Balaban J connectivity index is 1.18. The van der Waals surface area contributed by atoms with Crippen LogP contribution in [-0.4, -0.2) is 102 Å². The van der Waals surface area contributed by atoms with Crippen LogP contribution in [0.3, 0.4) is 0 Å². The number of oxime groups is 1. The molecule has 0 aliphatic carbocycles. The Morgan fingerprint density at radius 2 is 1.98 bits per heavy atom. The number of benzene rings is 1. The van der Waals surface area contributed by atoms with Gasteiger partial charge in [0.2, 0.25) is 0 Å². The molecule has 2 amide bonds. The number of phenols is 2. The van der Waals surface area contributed by atoms with Crippen molar-refractivity contribution >= 4 is 75.2 Å². The van der Waals surface area contributed by atoms with Gasteiger partial charge in [-0.2, -0.15) is 14.6 Å². The van der Waals surface area contributed by atoms with E-state index in [1.54, 1.807) is 13.0 Å². The smallest absolute Gasteiger partial charge is 0.352 e. The van der Waals surface area contributed by atoms with Crippen molar-refractivity contribution in [3.05, 3.63) is 63.7 Å². The quantitative estimate of drug-likeness (QED) is 0.0316. The van der Waals surface area contributed by atoms with Gasteiger partial charge in [-0.05, 0) is 30.7 Å². The van der Waals surface area contributed by atoms with Crippen LogP contribution in [0.1, 0.15) is 27.3 Å². The molecule has 1 saturated heterocycles. The average molecular weight is 714 g/mol. The van der Waals surface area contributed by atoms with Crippen molar-refractivity contribution in [2.45, 2.75) is 30.0 Å². The average Bonchev–Trinajstić information content (AvgIpc) is 3.70. The molecule has 1 fully saturated rings. The van der Waals surface area contributed by atoms with Crippen LogP contribution in [0.25, 0.3) is 5.78 Å². The summed E-state index contributed by atoms with van der Waals surface area (Å²) >= 11 is 3.60. The molecule has 0 unspecified atom stereocenters. The van der Waals surface area contributed by atoms with Crippen LogP contribution in [0.5, 0.6) is 11.5 Å². The number of nitrogens with two attached hydrogens (primary N) is 1. The molecule has 1 aromatic carbocycles. The Hall–Kier alpha value is -5.41. The zero-order valence-electron chi connectivity index (χ0n) is 24.4. The van der Waals surface area contributed by atoms with Crippen LogP contribution in [0.2, 0.25) is 0 Å². The summed E-state index contributed by atoms with van der Waals surface area (Å²) in [4.78, 5) is 69.3. The van der Waals surface area contributed by atoms with Crippen molar-refractivity contribution in [1.29, 1.82) is 0 Å². The summed E-state index contributed by atoms with van der Waals surface area (Å²) in [6.07, 6.45) is 1.37. The second-order valence-corrected chi connectivity index (χ2v) is 13.2. The number of aromatic hydroxyl groups is 2. The number of nitrogens with one attached hydrogen (secondary N) is 1. The fourth-order valence-corrected chi connectivity index (χ4v) is 7.93. The van der Waals surface area contributed by atoms with Crippen molar-refractivity contribution in [2.75, 3.05) is 17.2 Å². The maximum Gasteiger partial charge on any atom is 0.352 e. The summed E-state index contributed by atoms with van der Waals surface area (Å²) in [5.41, 5.74) is 5.92. The van der Waals surface area contributed by atoms with E-state index in [0.29, 0.717) is 22.1 Å². The molecule has 0 bridgehead atoms. The molecule has 7 N–H and O–H groups in total. The minimum Gasteiger partial charge on any atom is -0.504 e. The molecule has 2 aliphatic heterocycles. The molecule has 5 heterocycles. The Labute approximate surface area is 281 Å². The number of anilines is 1. The molecule has 248 valence electrons. The number of carboxylic acid groups (broad SMARTS) is 2. The number of thioether (sulfide) groups is 2. The van der Waals surface area contributed by atoms with Crippen LogP contribution in [-0.2, 0) is 25.8 Å². The molecule has 0 saturated carbocycles. The van der Waals surface area contributed by atoms with E-state index in [-0.39, 0.29) is 39.2 Å². The summed E-state index contributed by atoms with van der Waals surface area (Å²) in [5, 5.41) is 51.4. The highest BCUT2D eigenvalue weighted by Crippen LogP contribution is 2.41. The third-order valence-corrected chi connectivity index (χ3v) is 10.1. The third-order valence-electron chi connectivity index (χ3n) is 7.05. The lowest BCUT2D eigenvalue weighted by atomic mass is 10.0. The topological polar surface area (TPSA) is 268 Å². The number of carboxylic acids is 2. The van der Waals surface area contributed by atoms with Gasteiger partial charge in [-0.25, -0.2) is 19.6 Å². The first-order valence-electron chi connectivity index (χ1n) is 13.6. The van der Waals surface area contributed by atoms with E-state index in [9.17, 15) is 39.6 Å². The number of aromatic carboxylic acids is 1. The van der Waals surface area contributed by atoms with E-state index >= 15 is 0 Å². The third kappa shape index (κ3) is 6.16. The molecule has 21 heteroatoms. The van der Waals surface area contributed by atoms with E-state index < -0.39 is 59.0 Å². The Morgan fingerprint density at radius 3 is 2.69 bits per heavy atom. The molecule has 4 aromatic rings. The van der Waals surface area contributed by atoms with Crippen LogP contribution in [0, 0.1) is 6.92 Å². The van der Waals surface area contributed by atoms with Crippen molar-refractivity contribution in [1.82, 2.24) is 34.8 Å². The fourth-order valence-electron chi connectivity index (χ4n) is 4.84. The maximum absolute atomic E-state index is 13.4. The summed E-state index contributed by atoms with van der Waals surface area (Å²) in [6, 6.07) is 2.60. The van der Waals surface area contributed by atoms with Gasteiger partial charge in [-0.3, -0.25) is 14.5 Å².